The minimum Gasteiger partial charge on any atom is -0.381 e. The number of nitrogens with one attached hydrogen (secondary N) is 3. The maximum absolute atomic E-state index is 13.2. The van der Waals surface area contributed by atoms with Crippen molar-refractivity contribution in [3.05, 3.63) is 82.1 Å². The number of hydrogen-bond acceptors (Lipinski definition) is 10. The Labute approximate surface area is 346 Å². The monoisotopic (exact) mass is 811 g/mol. The Morgan fingerprint density at radius 1 is 0.814 bits per heavy atom. The van der Waals surface area contributed by atoms with Crippen molar-refractivity contribution in [2.45, 2.75) is 51.1 Å². The van der Waals surface area contributed by atoms with Gasteiger partial charge in [0.05, 0.1) is 27.9 Å². The van der Waals surface area contributed by atoms with E-state index in [1.807, 2.05) is 13.0 Å². The molecule has 59 heavy (non-hydrogen) atoms. The summed E-state index contributed by atoms with van der Waals surface area (Å²) in [4.78, 5) is 63.7. The van der Waals surface area contributed by atoms with Crippen LogP contribution in [0.4, 0.5) is 17.1 Å². The number of pyridine rings is 1. The Morgan fingerprint density at radius 2 is 1.58 bits per heavy atom. The molecule has 0 spiro atoms. The molecule has 0 saturated carbocycles. The lowest BCUT2D eigenvalue weighted by molar-refractivity contribution is -0.135. The molecule has 3 N–H and O–H groups in total. The zero-order chi connectivity index (χ0) is 40.4. The minimum atomic E-state index is -0.677. The number of thiophene rings is 1. The summed E-state index contributed by atoms with van der Waals surface area (Å²) in [5.74, 6) is 0.00696. The summed E-state index contributed by atoms with van der Waals surface area (Å²) in [6.45, 7) is 9.80. The van der Waals surface area contributed by atoms with Crippen molar-refractivity contribution in [1.82, 2.24) is 29.7 Å². The first-order chi connectivity index (χ1) is 28.7. The number of aromatic nitrogens is 3. The molecule has 4 aliphatic heterocycles. The van der Waals surface area contributed by atoms with Crippen LogP contribution in [0.3, 0.4) is 0 Å². The van der Waals surface area contributed by atoms with E-state index in [1.165, 1.54) is 36.3 Å². The fourth-order valence-corrected chi connectivity index (χ4v) is 10.7. The van der Waals surface area contributed by atoms with Crippen molar-refractivity contribution in [1.29, 1.82) is 0 Å². The fraction of sp³-hybridized carbons (Fsp3) is 0.400. The van der Waals surface area contributed by atoms with E-state index < -0.39 is 11.9 Å². The Bertz CT molecular complexity index is 2690. The molecule has 3 aromatic heterocycles. The van der Waals surface area contributed by atoms with E-state index in [0.717, 1.165) is 111 Å². The minimum absolute atomic E-state index is 0.0146. The van der Waals surface area contributed by atoms with E-state index in [-0.39, 0.29) is 30.0 Å². The highest BCUT2D eigenvalue weighted by atomic mass is 32.1. The summed E-state index contributed by atoms with van der Waals surface area (Å²) in [7, 11) is 1.75. The predicted octanol–water partition coefficient (Wildman–Crippen LogP) is 5.72. The number of hydrogen-bond donors (Lipinski definition) is 3. The Balaban J connectivity index is 0.720. The Hall–Kier alpha value is -5.73. The molecule has 10 rings (SSSR count). The van der Waals surface area contributed by atoms with Crippen molar-refractivity contribution < 1.29 is 14.4 Å². The summed E-state index contributed by atoms with van der Waals surface area (Å²) in [6, 6.07) is 22.7. The van der Waals surface area contributed by atoms with Gasteiger partial charge < -0.3 is 20.4 Å². The number of anilines is 3. The third-order valence-electron chi connectivity index (χ3n) is 13.0. The van der Waals surface area contributed by atoms with E-state index >= 15 is 0 Å². The molecular formula is C45H49N9O4S. The van der Waals surface area contributed by atoms with Crippen LogP contribution in [0.25, 0.3) is 43.3 Å². The number of rotatable bonds is 7. The molecule has 4 aliphatic rings. The van der Waals surface area contributed by atoms with Gasteiger partial charge in [0.15, 0.2) is 0 Å². The number of fused-ring (bicyclic) bond motifs is 6. The number of benzene rings is 3. The van der Waals surface area contributed by atoms with Crippen LogP contribution in [-0.2, 0) is 16.6 Å². The first-order valence-electron chi connectivity index (χ1n) is 21.0. The predicted molar refractivity (Wildman–Crippen MR) is 235 cm³/mol. The number of carbonyl (C=O) groups excluding carboxylic acids is 3. The van der Waals surface area contributed by atoms with Crippen LogP contribution >= 0.6 is 11.3 Å². The summed E-state index contributed by atoms with van der Waals surface area (Å²) in [6.07, 6.45) is 4.16. The molecule has 3 fully saturated rings. The third kappa shape index (κ3) is 6.91. The molecule has 0 aliphatic carbocycles. The summed E-state index contributed by atoms with van der Waals surface area (Å²) < 4.78 is 4.24. The first-order valence-corrected chi connectivity index (χ1v) is 21.8. The lowest BCUT2D eigenvalue weighted by atomic mass is 9.93. The zero-order valence-corrected chi connectivity index (χ0v) is 34.3. The van der Waals surface area contributed by atoms with Crippen molar-refractivity contribution >= 4 is 78.1 Å². The van der Waals surface area contributed by atoms with Crippen LogP contribution in [0.1, 0.15) is 54.7 Å². The van der Waals surface area contributed by atoms with Crippen LogP contribution in [0.15, 0.2) is 71.5 Å². The van der Waals surface area contributed by atoms with Crippen LogP contribution in [0.2, 0.25) is 0 Å². The number of imide groups is 1. The fourth-order valence-electron chi connectivity index (χ4n) is 9.58. The second-order valence-corrected chi connectivity index (χ2v) is 17.8. The van der Waals surface area contributed by atoms with Crippen molar-refractivity contribution in [2.75, 3.05) is 67.5 Å². The third-order valence-corrected chi connectivity index (χ3v) is 14.2. The molecule has 14 heteroatoms. The number of nitrogens with zero attached hydrogens (tertiary/aromatic N) is 6. The summed E-state index contributed by atoms with van der Waals surface area (Å²) in [5.41, 5.74) is 7.50. The summed E-state index contributed by atoms with van der Waals surface area (Å²) in [5, 5.41) is 11.1. The van der Waals surface area contributed by atoms with Gasteiger partial charge in [-0.2, -0.15) is 0 Å². The maximum atomic E-state index is 13.2. The van der Waals surface area contributed by atoms with Crippen molar-refractivity contribution in [2.24, 2.45) is 13.0 Å². The molecular weight excluding hydrogens is 763 g/mol. The normalized spacial score (nSPS) is 20.8. The van der Waals surface area contributed by atoms with Gasteiger partial charge in [-0.05, 0) is 99.7 Å². The van der Waals surface area contributed by atoms with Crippen LogP contribution in [0, 0.1) is 5.92 Å². The summed E-state index contributed by atoms with van der Waals surface area (Å²) >= 11 is 1.53. The van der Waals surface area contributed by atoms with Crippen LogP contribution < -0.4 is 31.4 Å². The number of piperazine rings is 1. The molecule has 3 aromatic carbocycles. The smallest absolute Gasteiger partial charge is 0.329 e. The Kier molecular flexibility index (Phi) is 9.63. The number of imidazole rings is 1. The van der Waals surface area contributed by atoms with Crippen LogP contribution in [0.5, 0.6) is 0 Å². The van der Waals surface area contributed by atoms with Gasteiger partial charge in [-0.25, -0.2) is 9.78 Å². The highest BCUT2D eigenvalue weighted by Crippen LogP contribution is 2.41. The number of amides is 3. The van der Waals surface area contributed by atoms with Gasteiger partial charge >= 0.3 is 5.69 Å². The largest absolute Gasteiger partial charge is 0.381 e. The molecule has 7 heterocycles. The van der Waals surface area contributed by atoms with Gasteiger partial charge in [-0.15, -0.1) is 11.3 Å². The van der Waals surface area contributed by atoms with E-state index in [1.54, 1.807) is 16.2 Å². The maximum Gasteiger partial charge on any atom is 0.329 e. The number of aryl methyl sites for hydroxylation is 1. The molecule has 2 atom stereocenters. The number of piperidine rings is 2. The molecule has 13 nitrogen and oxygen atoms in total. The second-order valence-electron chi connectivity index (χ2n) is 16.7. The molecule has 0 bridgehead atoms. The van der Waals surface area contributed by atoms with Crippen molar-refractivity contribution in [3.8, 4) is 11.3 Å². The molecule has 6 aromatic rings. The average molecular weight is 812 g/mol. The lowest BCUT2D eigenvalue weighted by Gasteiger charge is -2.38. The van der Waals surface area contributed by atoms with Gasteiger partial charge in [0.2, 0.25) is 11.8 Å². The SMILES string of the molecule is C[C@@H]1CNc2c(sc3ccc4nc(-c5ccc(N6CCC(CCN7CCN(c8ccc9c(c8)n(C)c(=O)n9C8CCC(=O)NC8=O)CC7)CC6)cc5)ccc4c23)C(=O)N1. The number of carbonyl (C=O) groups is 3. The lowest BCUT2D eigenvalue weighted by Crippen LogP contribution is -2.47. The van der Waals surface area contributed by atoms with E-state index in [4.69, 9.17) is 4.98 Å². The standard InChI is InChI=1S/C45H49N9O4S/c1-27-26-46-41-40-32-8-9-33(48-34(32)10-13-38(40)59-42(41)44(57)47-27)29-3-5-30(6-4-29)52-19-16-28(17-20-52)15-18-51-21-23-53(24-22-51)31-7-11-35-37(25-31)50(2)45(58)54(35)36-12-14-39(55)49-43(36)56/h3-11,13,25,27-28,36,46H,12,14-24,26H2,1-2H3,(H,47,57)(H,49,55,56)/t27-,36?/m1/s1. The Morgan fingerprint density at radius 3 is 2.36 bits per heavy atom. The average Bonchev–Trinajstić information content (AvgIpc) is 3.71. The first kappa shape index (κ1) is 37.5. The highest BCUT2D eigenvalue weighted by Gasteiger charge is 2.32. The van der Waals surface area contributed by atoms with Gasteiger partial charge in [-0.1, -0.05) is 12.1 Å². The zero-order valence-electron chi connectivity index (χ0n) is 33.5. The van der Waals surface area contributed by atoms with E-state index in [9.17, 15) is 19.2 Å². The van der Waals surface area contributed by atoms with Gasteiger partial charge in [0.25, 0.3) is 5.91 Å². The van der Waals surface area contributed by atoms with Gasteiger partial charge in [0.1, 0.15) is 10.9 Å². The molecule has 1 unspecified atom stereocenters. The highest BCUT2D eigenvalue weighted by molar-refractivity contribution is 7.21. The van der Waals surface area contributed by atoms with E-state index in [2.05, 4.69) is 91.3 Å². The van der Waals surface area contributed by atoms with Gasteiger partial charge in [0, 0.05) is 97.7 Å². The van der Waals surface area contributed by atoms with Gasteiger partial charge in [-0.3, -0.25) is 33.7 Å². The van der Waals surface area contributed by atoms with E-state index in [0.29, 0.717) is 13.0 Å². The quantitative estimate of drug-likeness (QED) is 0.173. The topological polar surface area (TPSA) is 137 Å². The molecule has 3 saturated heterocycles. The van der Waals surface area contributed by atoms with Crippen LogP contribution in [-0.4, -0.2) is 95.1 Å². The molecule has 304 valence electrons. The second kappa shape index (κ2) is 15.1. The molecule has 0 radical (unpaired) electrons. The molecule has 3 amide bonds. The van der Waals surface area contributed by atoms with Crippen molar-refractivity contribution in [3.63, 3.8) is 0 Å².